The average molecular weight is 614 g/mol. The molecule has 1 saturated heterocycles. The van der Waals surface area contributed by atoms with E-state index in [-0.39, 0.29) is 22.9 Å². The van der Waals surface area contributed by atoms with Gasteiger partial charge in [0.15, 0.2) is 23.2 Å². The van der Waals surface area contributed by atoms with Gasteiger partial charge in [-0.05, 0) is 6.42 Å². The second-order valence-electron chi connectivity index (χ2n) is 11.1. The number of rotatable bonds is 21. The summed E-state index contributed by atoms with van der Waals surface area (Å²) in [4.78, 5) is 43.5. The highest BCUT2D eigenvalue weighted by Crippen LogP contribution is 2.44. The van der Waals surface area contributed by atoms with Crippen LogP contribution in [0.25, 0.3) is 11.2 Å². The van der Waals surface area contributed by atoms with Crippen LogP contribution >= 0.6 is 7.82 Å². The molecule has 0 aromatic carbocycles. The van der Waals surface area contributed by atoms with Crippen molar-refractivity contribution in [3.05, 3.63) is 12.7 Å². The summed E-state index contributed by atoms with van der Waals surface area (Å²) in [5.41, 5.74) is 0.489. The van der Waals surface area contributed by atoms with Gasteiger partial charge in [-0.15, -0.1) is 0 Å². The monoisotopic (exact) mass is 613 g/mol. The quantitative estimate of drug-likeness (QED) is 0.0964. The lowest BCUT2D eigenvalue weighted by molar-refractivity contribution is -0.116. The molecule has 1 aliphatic rings. The van der Waals surface area contributed by atoms with Crippen molar-refractivity contribution in [2.24, 2.45) is 0 Å². The van der Waals surface area contributed by atoms with Crippen molar-refractivity contribution >= 4 is 30.7 Å². The number of aromatic nitrogens is 4. The molecule has 0 unspecified atom stereocenters. The van der Waals surface area contributed by atoms with Crippen LogP contribution in [0.5, 0.6) is 0 Å². The van der Waals surface area contributed by atoms with Crippen LogP contribution in [0.2, 0.25) is 0 Å². The number of ether oxygens (including phenoxy) is 1. The minimum Gasteiger partial charge on any atom is -0.394 e. The van der Waals surface area contributed by atoms with E-state index in [1.807, 2.05) is 0 Å². The molecule has 5 N–H and O–H groups in total. The third kappa shape index (κ3) is 10.9. The Balaban J connectivity index is 1.36. The van der Waals surface area contributed by atoms with E-state index < -0.39 is 39.0 Å². The summed E-state index contributed by atoms with van der Waals surface area (Å²) >= 11 is 0. The van der Waals surface area contributed by atoms with E-state index >= 15 is 0 Å². The number of anilines is 1. The van der Waals surface area contributed by atoms with Crippen molar-refractivity contribution in [2.45, 2.75) is 134 Å². The largest absolute Gasteiger partial charge is 0.470 e. The van der Waals surface area contributed by atoms with Gasteiger partial charge in [0.25, 0.3) is 0 Å². The van der Waals surface area contributed by atoms with Crippen LogP contribution in [0.1, 0.15) is 116 Å². The molecule has 0 bridgehead atoms. The van der Waals surface area contributed by atoms with Crippen LogP contribution < -0.4 is 5.32 Å². The van der Waals surface area contributed by atoms with Gasteiger partial charge in [0, 0.05) is 6.42 Å². The molecule has 1 aliphatic heterocycles. The number of hydrogen-bond donors (Lipinski definition) is 5. The van der Waals surface area contributed by atoms with E-state index in [2.05, 4.69) is 31.7 Å². The number of aliphatic hydroxyl groups is 2. The fourth-order valence-corrected chi connectivity index (χ4v) is 5.94. The molecule has 3 heterocycles. The third-order valence-corrected chi connectivity index (χ3v) is 8.16. The van der Waals surface area contributed by atoms with Crippen LogP contribution in [0.3, 0.4) is 0 Å². The van der Waals surface area contributed by atoms with Crippen molar-refractivity contribution in [2.75, 3.05) is 11.9 Å². The first-order chi connectivity index (χ1) is 20.2. The summed E-state index contributed by atoms with van der Waals surface area (Å²) in [5, 5.41) is 23.0. The number of unbranched alkanes of at least 4 members (excludes halogenated alkanes) is 14. The normalized spacial score (nSPS) is 20.9. The van der Waals surface area contributed by atoms with Crippen molar-refractivity contribution < 1.29 is 38.6 Å². The summed E-state index contributed by atoms with van der Waals surface area (Å²) in [6.07, 6.45) is 16.3. The molecule has 1 fully saturated rings. The standard InChI is InChI=1S/C28H48N5O8P/c1-2-3-4-5-6-7-8-9-10-11-12-13-14-15-16-17-22(35)32-26-23-27(30-19-29-26)33(20-31-23)28-24(36)25(21(18-34)40-28)41-42(37,38)39/h19-21,24-25,28,34,36H,2-18H2,1H3,(H2,37,38,39)(H,29,30,32,35)/t21-,24-,25-,28-/m1/s1. The second kappa shape index (κ2) is 18.0. The van der Waals surface area contributed by atoms with Crippen molar-refractivity contribution in [3.8, 4) is 0 Å². The Morgan fingerprint density at radius 1 is 0.952 bits per heavy atom. The predicted octanol–water partition coefficient (Wildman–Crippen LogP) is 4.75. The fourth-order valence-electron chi connectivity index (χ4n) is 5.37. The van der Waals surface area contributed by atoms with E-state index in [1.165, 1.54) is 94.3 Å². The SMILES string of the molecule is CCCCCCCCCCCCCCCCCC(=O)Nc1ncnc2c1ncn2[C@@H]1O[C@H](CO)[C@@H](OP(=O)(O)O)[C@H]1O. The fraction of sp³-hybridized carbons (Fsp3) is 0.786. The number of amides is 1. The van der Waals surface area contributed by atoms with E-state index in [4.69, 9.17) is 14.5 Å². The first-order valence-corrected chi connectivity index (χ1v) is 16.9. The number of aliphatic hydroxyl groups excluding tert-OH is 2. The zero-order chi connectivity index (χ0) is 30.4. The third-order valence-electron chi connectivity index (χ3n) is 7.65. The molecule has 0 aliphatic carbocycles. The lowest BCUT2D eigenvalue weighted by Gasteiger charge is -2.20. The Hall–Kier alpha value is -1.99. The number of phosphoric ester groups is 1. The maximum atomic E-state index is 12.6. The van der Waals surface area contributed by atoms with Crippen LogP contribution in [0.4, 0.5) is 5.82 Å². The smallest absolute Gasteiger partial charge is 0.394 e. The molecular weight excluding hydrogens is 565 g/mol. The minimum absolute atomic E-state index is 0.188. The maximum Gasteiger partial charge on any atom is 0.470 e. The number of carbonyl (C=O) groups is 1. The van der Waals surface area contributed by atoms with Crippen LogP contribution in [-0.4, -0.2) is 70.3 Å². The van der Waals surface area contributed by atoms with Gasteiger partial charge in [-0.25, -0.2) is 19.5 Å². The number of carbonyl (C=O) groups excluding carboxylic acids is 1. The Morgan fingerprint density at radius 3 is 2.07 bits per heavy atom. The summed E-state index contributed by atoms with van der Waals surface area (Å²) in [7, 11) is -4.96. The molecule has 2 aromatic heterocycles. The molecule has 13 nitrogen and oxygen atoms in total. The lowest BCUT2D eigenvalue weighted by atomic mass is 10.0. The summed E-state index contributed by atoms with van der Waals surface area (Å²) in [5.74, 6) is 0.0192. The minimum atomic E-state index is -4.96. The number of fused-ring (bicyclic) bond motifs is 1. The molecule has 0 spiro atoms. The predicted molar refractivity (Wildman–Crippen MR) is 157 cm³/mol. The molecule has 0 saturated carbocycles. The number of phosphoric acid groups is 1. The topological polar surface area (TPSA) is 189 Å². The molecular formula is C28H48N5O8P. The summed E-state index contributed by atoms with van der Waals surface area (Å²) in [6, 6.07) is 0. The van der Waals surface area contributed by atoms with Crippen LogP contribution in [-0.2, 0) is 18.6 Å². The first kappa shape index (κ1) is 34.5. The Kier molecular flexibility index (Phi) is 14.8. The second-order valence-corrected chi connectivity index (χ2v) is 12.3. The lowest BCUT2D eigenvalue weighted by Crippen LogP contribution is -2.35. The van der Waals surface area contributed by atoms with Gasteiger partial charge >= 0.3 is 7.82 Å². The van der Waals surface area contributed by atoms with Gasteiger partial charge in [-0.3, -0.25) is 13.9 Å². The van der Waals surface area contributed by atoms with Crippen molar-refractivity contribution in [3.63, 3.8) is 0 Å². The Bertz CT molecular complexity index is 1130. The number of nitrogens with zero attached hydrogens (tertiary/aromatic N) is 4. The van der Waals surface area contributed by atoms with Gasteiger partial charge < -0.3 is 30.1 Å². The summed E-state index contributed by atoms with van der Waals surface area (Å²) < 4.78 is 22.9. The molecule has 2 aromatic rings. The summed E-state index contributed by atoms with van der Waals surface area (Å²) in [6.45, 7) is 1.61. The zero-order valence-electron chi connectivity index (χ0n) is 24.6. The van der Waals surface area contributed by atoms with Crippen LogP contribution in [0, 0.1) is 0 Å². The highest BCUT2D eigenvalue weighted by Gasteiger charge is 2.48. The number of nitrogens with one attached hydrogen (secondary N) is 1. The van der Waals surface area contributed by atoms with Crippen molar-refractivity contribution in [1.29, 1.82) is 0 Å². The Labute approximate surface area is 247 Å². The molecule has 42 heavy (non-hydrogen) atoms. The molecule has 4 atom stereocenters. The average Bonchev–Trinajstić information content (AvgIpc) is 3.51. The van der Waals surface area contributed by atoms with Gasteiger partial charge in [-0.2, -0.15) is 0 Å². The Morgan fingerprint density at radius 2 is 1.52 bits per heavy atom. The van der Waals surface area contributed by atoms with Gasteiger partial charge in [0.2, 0.25) is 5.91 Å². The zero-order valence-corrected chi connectivity index (χ0v) is 25.5. The van der Waals surface area contributed by atoms with Gasteiger partial charge in [-0.1, -0.05) is 96.8 Å². The van der Waals surface area contributed by atoms with Crippen LogP contribution in [0.15, 0.2) is 12.7 Å². The molecule has 14 heteroatoms. The number of hydrogen-bond acceptors (Lipinski definition) is 9. The van der Waals surface area contributed by atoms with Crippen molar-refractivity contribution in [1.82, 2.24) is 19.5 Å². The molecule has 1 amide bonds. The van der Waals surface area contributed by atoms with E-state index in [0.717, 1.165) is 19.3 Å². The highest BCUT2D eigenvalue weighted by molar-refractivity contribution is 7.46. The molecule has 3 rings (SSSR count). The number of imidazole rings is 1. The van der Waals surface area contributed by atoms with E-state index in [0.29, 0.717) is 6.42 Å². The van der Waals surface area contributed by atoms with E-state index in [1.54, 1.807) is 0 Å². The van der Waals surface area contributed by atoms with Gasteiger partial charge in [0.1, 0.15) is 24.6 Å². The first-order valence-electron chi connectivity index (χ1n) is 15.4. The molecule has 0 radical (unpaired) electrons. The molecule has 238 valence electrons. The maximum absolute atomic E-state index is 12.6. The van der Waals surface area contributed by atoms with E-state index in [9.17, 15) is 19.6 Å². The van der Waals surface area contributed by atoms with Gasteiger partial charge in [0.05, 0.1) is 12.9 Å². The highest BCUT2D eigenvalue weighted by atomic mass is 31.2.